The smallest absolute Gasteiger partial charge is 0.293 e. The van der Waals surface area contributed by atoms with Crippen molar-refractivity contribution in [2.24, 2.45) is 0 Å². The van der Waals surface area contributed by atoms with Crippen LogP contribution in [0.2, 0.25) is 0 Å². The van der Waals surface area contributed by atoms with Gasteiger partial charge in [-0.05, 0) is 48.1 Å². The fraction of sp³-hybridized carbons (Fsp3) is 0.448. The summed E-state index contributed by atoms with van der Waals surface area (Å²) in [5.74, 6) is -1.30. The van der Waals surface area contributed by atoms with Gasteiger partial charge in [-0.3, -0.25) is 9.69 Å². The average molecular weight is 527 g/mol. The SMILES string of the molecule is C[C@H](CF)NC[C@@H](Cc1nc[nH]c(=O)c1O)c1ccc(CCc2ccc(CN3CCOCC3)cc2)cc1F. The topological polar surface area (TPSA) is 90.5 Å². The Morgan fingerprint density at radius 1 is 1.11 bits per heavy atom. The lowest BCUT2D eigenvalue weighted by Crippen LogP contribution is -2.35. The predicted octanol–water partition coefficient (Wildman–Crippen LogP) is 3.51. The van der Waals surface area contributed by atoms with E-state index < -0.39 is 29.9 Å². The van der Waals surface area contributed by atoms with E-state index in [1.165, 1.54) is 17.5 Å². The van der Waals surface area contributed by atoms with E-state index in [2.05, 4.69) is 44.5 Å². The van der Waals surface area contributed by atoms with Gasteiger partial charge in [0.2, 0.25) is 5.75 Å². The van der Waals surface area contributed by atoms with Crippen molar-refractivity contribution in [2.75, 3.05) is 39.5 Å². The van der Waals surface area contributed by atoms with Crippen molar-refractivity contribution < 1.29 is 18.6 Å². The van der Waals surface area contributed by atoms with Gasteiger partial charge in [0, 0.05) is 44.6 Å². The third-order valence-corrected chi connectivity index (χ3v) is 7.03. The molecule has 0 radical (unpaired) electrons. The number of nitrogens with one attached hydrogen (secondary N) is 2. The number of morpholine rings is 1. The molecule has 0 unspecified atom stereocenters. The fourth-order valence-electron chi connectivity index (χ4n) is 4.68. The summed E-state index contributed by atoms with van der Waals surface area (Å²) in [6, 6.07) is 13.4. The minimum absolute atomic E-state index is 0.134. The number of hydrogen-bond donors (Lipinski definition) is 3. The third-order valence-electron chi connectivity index (χ3n) is 7.03. The first-order valence-corrected chi connectivity index (χ1v) is 13.1. The van der Waals surface area contributed by atoms with E-state index >= 15 is 4.39 Å². The molecule has 3 N–H and O–H groups in total. The molecule has 0 aliphatic carbocycles. The van der Waals surface area contributed by atoms with Crippen LogP contribution in [0, 0.1) is 5.82 Å². The van der Waals surface area contributed by atoms with Crippen LogP contribution in [0.4, 0.5) is 8.78 Å². The molecule has 2 atom stereocenters. The Morgan fingerprint density at radius 2 is 1.79 bits per heavy atom. The molecule has 2 aromatic carbocycles. The summed E-state index contributed by atoms with van der Waals surface area (Å²) in [6.45, 7) is 5.81. The number of aromatic nitrogens is 2. The van der Waals surface area contributed by atoms with Crippen LogP contribution in [0.3, 0.4) is 0 Å². The van der Waals surface area contributed by atoms with Crippen molar-refractivity contribution >= 4 is 0 Å². The maximum Gasteiger partial charge on any atom is 0.293 e. The summed E-state index contributed by atoms with van der Waals surface area (Å²) >= 11 is 0. The molecule has 1 aliphatic rings. The van der Waals surface area contributed by atoms with Gasteiger partial charge in [0.15, 0.2) is 0 Å². The van der Waals surface area contributed by atoms with Gasteiger partial charge in [-0.25, -0.2) is 13.8 Å². The molecule has 204 valence electrons. The molecule has 2 heterocycles. The van der Waals surface area contributed by atoms with Gasteiger partial charge in [-0.2, -0.15) is 0 Å². The number of alkyl halides is 1. The third kappa shape index (κ3) is 7.69. The first-order chi connectivity index (χ1) is 18.4. The van der Waals surface area contributed by atoms with Crippen molar-refractivity contribution in [3.05, 3.63) is 92.9 Å². The predicted molar refractivity (Wildman–Crippen MR) is 143 cm³/mol. The summed E-state index contributed by atoms with van der Waals surface area (Å²) in [6.07, 6.45) is 2.83. The summed E-state index contributed by atoms with van der Waals surface area (Å²) in [5.41, 5.74) is 3.30. The largest absolute Gasteiger partial charge is 0.502 e. The highest BCUT2D eigenvalue weighted by molar-refractivity contribution is 5.32. The van der Waals surface area contributed by atoms with Gasteiger partial charge in [0.05, 0.1) is 25.2 Å². The monoisotopic (exact) mass is 526 g/mol. The summed E-state index contributed by atoms with van der Waals surface area (Å²) < 4.78 is 33.8. The molecule has 0 bridgehead atoms. The van der Waals surface area contributed by atoms with Gasteiger partial charge < -0.3 is 20.1 Å². The van der Waals surface area contributed by atoms with Crippen molar-refractivity contribution in [1.29, 1.82) is 0 Å². The summed E-state index contributed by atoms with van der Waals surface area (Å²) in [7, 11) is 0. The fourth-order valence-corrected chi connectivity index (χ4v) is 4.68. The van der Waals surface area contributed by atoms with E-state index in [-0.39, 0.29) is 24.5 Å². The van der Waals surface area contributed by atoms with E-state index in [0.717, 1.165) is 44.8 Å². The van der Waals surface area contributed by atoms with Crippen molar-refractivity contribution in [2.45, 2.75) is 44.7 Å². The van der Waals surface area contributed by atoms with Crippen LogP contribution >= 0.6 is 0 Å². The number of ether oxygens (including phenoxy) is 1. The number of aromatic hydroxyl groups is 1. The van der Waals surface area contributed by atoms with Crippen LogP contribution in [-0.2, 0) is 30.5 Å². The van der Waals surface area contributed by atoms with Crippen LogP contribution in [0.5, 0.6) is 5.75 Å². The molecule has 1 aliphatic heterocycles. The molecule has 0 amide bonds. The molecule has 1 fully saturated rings. The average Bonchev–Trinajstić information content (AvgIpc) is 2.93. The molecule has 4 rings (SSSR count). The number of H-pyrrole nitrogens is 1. The lowest BCUT2D eigenvalue weighted by molar-refractivity contribution is 0.0342. The number of rotatable bonds is 12. The molecule has 3 aromatic rings. The van der Waals surface area contributed by atoms with Gasteiger partial charge in [0.1, 0.15) is 12.5 Å². The van der Waals surface area contributed by atoms with Crippen LogP contribution in [0.15, 0.2) is 53.6 Å². The maximum atomic E-state index is 15.3. The Bertz CT molecular complexity index is 1230. The van der Waals surface area contributed by atoms with Crippen molar-refractivity contribution in [1.82, 2.24) is 20.2 Å². The lowest BCUT2D eigenvalue weighted by Gasteiger charge is -2.26. The quantitative estimate of drug-likeness (QED) is 0.335. The highest BCUT2D eigenvalue weighted by Crippen LogP contribution is 2.26. The highest BCUT2D eigenvalue weighted by atomic mass is 19.1. The first-order valence-electron chi connectivity index (χ1n) is 13.1. The van der Waals surface area contributed by atoms with Gasteiger partial charge in [0.25, 0.3) is 5.56 Å². The van der Waals surface area contributed by atoms with Gasteiger partial charge in [-0.1, -0.05) is 36.4 Å². The van der Waals surface area contributed by atoms with E-state index in [4.69, 9.17) is 4.74 Å². The van der Waals surface area contributed by atoms with Gasteiger partial charge >= 0.3 is 0 Å². The number of hydrogen-bond acceptors (Lipinski definition) is 6. The molecular weight excluding hydrogens is 490 g/mol. The summed E-state index contributed by atoms with van der Waals surface area (Å²) in [4.78, 5) is 20.6. The van der Waals surface area contributed by atoms with Crippen LogP contribution in [0.1, 0.15) is 40.8 Å². The Balaban J connectivity index is 1.41. The van der Waals surface area contributed by atoms with Crippen LogP contribution in [-0.4, -0.2) is 65.5 Å². The van der Waals surface area contributed by atoms with Crippen LogP contribution in [0.25, 0.3) is 0 Å². The van der Waals surface area contributed by atoms with E-state index in [1.54, 1.807) is 19.1 Å². The maximum absolute atomic E-state index is 15.3. The zero-order valence-electron chi connectivity index (χ0n) is 21.8. The van der Waals surface area contributed by atoms with Crippen LogP contribution < -0.4 is 10.9 Å². The minimum atomic E-state index is -0.649. The Morgan fingerprint density at radius 3 is 2.50 bits per heavy atom. The number of nitrogens with zero attached hydrogens (tertiary/aromatic N) is 2. The highest BCUT2D eigenvalue weighted by Gasteiger charge is 2.21. The Labute approximate surface area is 221 Å². The number of benzene rings is 2. The molecule has 0 spiro atoms. The molecule has 0 saturated carbocycles. The zero-order valence-corrected chi connectivity index (χ0v) is 21.8. The Kier molecular flexibility index (Phi) is 9.98. The molecule has 1 saturated heterocycles. The Hall–Kier alpha value is -3.14. The van der Waals surface area contributed by atoms with Crippen molar-refractivity contribution in [3.8, 4) is 5.75 Å². The van der Waals surface area contributed by atoms with Gasteiger partial charge in [-0.15, -0.1) is 0 Å². The number of aryl methyl sites for hydroxylation is 2. The van der Waals surface area contributed by atoms with Crippen molar-refractivity contribution in [3.63, 3.8) is 0 Å². The second kappa shape index (κ2) is 13.6. The molecule has 38 heavy (non-hydrogen) atoms. The molecule has 7 nitrogen and oxygen atoms in total. The first kappa shape index (κ1) is 27.9. The normalized spacial score (nSPS) is 15.9. The zero-order chi connectivity index (χ0) is 26.9. The molecule has 1 aromatic heterocycles. The second-order valence-corrected chi connectivity index (χ2v) is 9.95. The lowest BCUT2D eigenvalue weighted by atomic mass is 9.91. The molecular formula is C29H36F2N4O3. The van der Waals surface area contributed by atoms with E-state index in [0.29, 0.717) is 12.0 Å². The second-order valence-electron chi connectivity index (χ2n) is 9.95. The standard InChI is InChI=1S/C29H36F2N4O3/c1-20(16-30)32-17-24(15-27-28(36)29(37)34-19-33-27)25-9-8-22(14-26(25)31)5-2-21-3-6-23(7-4-21)18-35-10-12-38-13-11-35/h3-4,6-9,14,19-20,24,32,36H,2,5,10-13,15-18H2,1H3,(H,33,34,37)/t20-,24-/m1/s1. The summed E-state index contributed by atoms with van der Waals surface area (Å²) in [5, 5.41) is 13.2. The minimum Gasteiger partial charge on any atom is -0.502 e. The molecule has 9 heteroatoms. The van der Waals surface area contributed by atoms with E-state index in [9.17, 15) is 14.3 Å². The number of halogens is 2. The van der Waals surface area contributed by atoms with E-state index in [1.807, 2.05) is 6.07 Å². The number of aromatic amines is 1.